The molecule has 3 rings (SSSR count). The van der Waals surface area contributed by atoms with Crippen LogP contribution in [0.4, 0.5) is 11.4 Å². The van der Waals surface area contributed by atoms with Crippen molar-refractivity contribution in [2.45, 2.75) is 13.3 Å². The number of carbonyl (C=O) groups excluding carboxylic acids is 2. The Kier molecular flexibility index (Phi) is 4.95. The van der Waals surface area contributed by atoms with Crippen LogP contribution in [0.1, 0.15) is 12.0 Å². The molecular weight excluding hydrogens is 340 g/mol. The van der Waals surface area contributed by atoms with Crippen molar-refractivity contribution in [3.63, 3.8) is 0 Å². The highest BCUT2D eigenvalue weighted by Gasteiger charge is 2.35. The molecule has 2 amide bonds. The zero-order chi connectivity index (χ0) is 18.0. The lowest BCUT2D eigenvalue weighted by atomic mass is 10.1. The highest BCUT2D eigenvalue weighted by Crippen LogP contribution is 2.29. The molecule has 1 saturated heterocycles. The Morgan fingerprint density at radius 1 is 1.28 bits per heavy atom. The van der Waals surface area contributed by atoms with E-state index in [2.05, 4.69) is 5.32 Å². The molecule has 1 aliphatic rings. The molecule has 1 heterocycles. The second kappa shape index (κ2) is 7.15. The van der Waals surface area contributed by atoms with E-state index < -0.39 is 5.92 Å². The van der Waals surface area contributed by atoms with Crippen LogP contribution in [0.15, 0.2) is 42.5 Å². The summed E-state index contributed by atoms with van der Waals surface area (Å²) in [5, 5.41) is 3.44. The number of halogens is 1. The smallest absolute Gasteiger partial charge is 0.229 e. The van der Waals surface area contributed by atoms with Crippen molar-refractivity contribution in [2.75, 3.05) is 23.9 Å². The summed E-state index contributed by atoms with van der Waals surface area (Å²) < 4.78 is 5.20. The van der Waals surface area contributed by atoms with Crippen molar-refractivity contribution in [1.82, 2.24) is 0 Å². The zero-order valence-electron chi connectivity index (χ0n) is 14.1. The minimum Gasteiger partial charge on any atom is -0.497 e. The maximum Gasteiger partial charge on any atom is 0.229 e. The molecule has 1 aliphatic heterocycles. The van der Waals surface area contributed by atoms with Crippen LogP contribution in [0, 0.1) is 12.8 Å². The largest absolute Gasteiger partial charge is 0.497 e. The van der Waals surface area contributed by atoms with Crippen molar-refractivity contribution in [3.05, 3.63) is 53.1 Å². The minimum atomic E-state index is -0.405. The van der Waals surface area contributed by atoms with Crippen LogP contribution in [0.2, 0.25) is 5.02 Å². The molecule has 1 N–H and O–H groups in total. The Morgan fingerprint density at radius 3 is 2.84 bits per heavy atom. The van der Waals surface area contributed by atoms with Crippen molar-refractivity contribution >= 4 is 34.8 Å². The van der Waals surface area contributed by atoms with Gasteiger partial charge in [-0.1, -0.05) is 23.7 Å². The molecule has 130 valence electrons. The van der Waals surface area contributed by atoms with Gasteiger partial charge in [-0.25, -0.2) is 0 Å². The van der Waals surface area contributed by atoms with Crippen LogP contribution < -0.4 is 15.0 Å². The quantitative estimate of drug-likeness (QED) is 0.907. The fourth-order valence-electron chi connectivity index (χ4n) is 2.87. The van der Waals surface area contributed by atoms with Crippen molar-refractivity contribution in [3.8, 4) is 5.75 Å². The third-order valence-corrected chi connectivity index (χ3v) is 4.55. The fraction of sp³-hybridized carbons (Fsp3) is 0.263. The maximum atomic E-state index is 12.6. The molecule has 0 aliphatic carbocycles. The Bertz CT molecular complexity index is 822. The summed E-state index contributed by atoms with van der Waals surface area (Å²) in [7, 11) is 1.58. The summed E-state index contributed by atoms with van der Waals surface area (Å²) in [4.78, 5) is 26.5. The third kappa shape index (κ3) is 3.77. The second-order valence-electron chi connectivity index (χ2n) is 6.06. The van der Waals surface area contributed by atoms with E-state index >= 15 is 0 Å². The van der Waals surface area contributed by atoms with Gasteiger partial charge >= 0.3 is 0 Å². The number of hydrogen-bond donors (Lipinski definition) is 1. The number of ether oxygens (including phenoxy) is 1. The predicted molar refractivity (Wildman–Crippen MR) is 98.3 cm³/mol. The first-order valence-electron chi connectivity index (χ1n) is 7.99. The van der Waals surface area contributed by atoms with Crippen LogP contribution in [0.25, 0.3) is 0 Å². The molecule has 0 unspecified atom stereocenters. The average Bonchev–Trinajstić information content (AvgIpc) is 3.00. The number of nitrogens with one attached hydrogen (secondary N) is 1. The molecule has 0 spiro atoms. The molecule has 2 aromatic rings. The first-order valence-corrected chi connectivity index (χ1v) is 8.37. The number of benzene rings is 2. The monoisotopic (exact) mass is 358 g/mol. The predicted octanol–water partition coefficient (Wildman–Crippen LogP) is 3.65. The van der Waals surface area contributed by atoms with Gasteiger partial charge in [-0.05, 0) is 36.8 Å². The topological polar surface area (TPSA) is 58.6 Å². The van der Waals surface area contributed by atoms with Crippen LogP contribution in [-0.4, -0.2) is 25.5 Å². The lowest BCUT2D eigenvalue weighted by molar-refractivity contribution is -0.122. The fourth-order valence-corrected chi connectivity index (χ4v) is 3.05. The number of amides is 2. The molecule has 25 heavy (non-hydrogen) atoms. The van der Waals surface area contributed by atoms with E-state index in [4.69, 9.17) is 16.3 Å². The molecule has 5 nitrogen and oxygen atoms in total. The van der Waals surface area contributed by atoms with Gasteiger partial charge in [0.1, 0.15) is 5.75 Å². The first kappa shape index (κ1) is 17.3. The Morgan fingerprint density at radius 2 is 2.08 bits per heavy atom. The van der Waals surface area contributed by atoms with Gasteiger partial charge < -0.3 is 15.0 Å². The second-order valence-corrected chi connectivity index (χ2v) is 6.49. The van der Waals surface area contributed by atoms with Gasteiger partial charge in [-0.15, -0.1) is 0 Å². The zero-order valence-corrected chi connectivity index (χ0v) is 14.8. The van der Waals surface area contributed by atoms with Crippen molar-refractivity contribution < 1.29 is 14.3 Å². The van der Waals surface area contributed by atoms with E-state index in [1.54, 1.807) is 30.2 Å². The number of aryl methyl sites for hydroxylation is 1. The number of nitrogens with zero attached hydrogens (tertiary/aromatic N) is 1. The molecule has 0 saturated carbocycles. The maximum absolute atomic E-state index is 12.6. The molecule has 6 heteroatoms. The number of anilines is 2. The van der Waals surface area contributed by atoms with Gasteiger partial charge in [0, 0.05) is 35.4 Å². The van der Waals surface area contributed by atoms with Crippen LogP contribution in [0.5, 0.6) is 5.75 Å². The molecule has 0 bridgehead atoms. The molecule has 1 atom stereocenters. The number of rotatable bonds is 4. The van der Waals surface area contributed by atoms with Crippen LogP contribution in [0.3, 0.4) is 0 Å². The lowest BCUT2D eigenvalue weighted by Crippen LogP contribution is -2.28. The van der Waals surface area contributed by atoms with E-state index in [0.717, 1.165) is 11.3 Å². The summed E-state index contributed by atoms with van der Waals surface area (Å²) >= 11 is 5.99. The Balaban J connectivity index is 1.73. The van der Waals surface area contributed by atoms with Gasteiger partial charge in [0.05, 0.1) is 13.0 Å². The molecular formula is C19H19ClN2O3. The highest BCUT2D eigenvalue weighted by molar-refractivity contribution is 6.31. The number of carbonyl (C=O) groups is 2. The van der Waals surface area contributed by atoms with Gasteiger partial charge in [0.15, 0.2) is 0 Å². The van der Waals surface area contributed by atoms with E-state index in [1.807, 2.05) is 31.2 Å². The van der Waals surface area contributed by atoms with Crippen molar-refractivity contribution in [2.24, 2.45) is 5.92 Å². The number of methoxy groups -OCH3 is 1. The van der Waals surface area contributed by atoms with Crippen LogP contribution in [-0.2, 0) is 9.59 Å². The van der Waals surface area contributed by atoms with Gasteiger partial charge in [0.25, 0.3) is 0 Å². The first-order chi connectivity index (χ1) is 12.0. The summed E-state index contributed by atoms with van der Waals surface area (Å²) in [5.41, 5.74) is 2.33. The average molecular weight is 359 g/mol. The molecule has 2 aromatic carbocycles. The molecule has 1 fully saturated rings. The standard InChI is InChI=1S/C19H19ClN2O3/c1-12-6-7-14(20)9-17(12)21-19(24)13-8-18(23)22(11-13)15-4-3-5-16(10-15)25-2/h3-7,9-10,13H,8,11H2,1-2H3,(H,21,24)/t13-/m1/s1. The van der Waals surface area contributed by atoms with Gasteiger partial charge in [-0.2, -0.15) is 0 Å². The lowest BCUT2D eigenvalue weighted by Gasteiger charge is -2.17. The number of hydrogen-bond acceptors (Lipinski definition) is 3. The van der Waals surface area contributed by atoms with Gasteiger partial charge in [-0.3, -0.25) is 9.59 Å². The van der Waals surface area contributed by atoms with Crippen molar-refractivity contribution in [1.29, 1.82) is 0 Å². The van der Waals surface area contributed by atoms with Gasteiger partial charge in [0.2, 0.25) is 11.8 Å². The third-order valence-electron chi connectivity index (χ3n) is 4.32. The van der Waals surface area contributed by atoms with E-state index in [1.165, 1.54) is 0 Å². The SMILES string of the molecule is COc1cccc(N2C[C@H](C(=O)Nc3cc(Cl)ccc3C)CC2=O)c1. The van der Waals surface area contributed by atoms with E-state index in [0.29, 0.717) is 23.0 Å². The molecule has 0 aromatic heterocycles. The van der Waals surface area contributed by atoms with E-state index in [-0.39, 0.29) is 18.2 Å². The summed E-state index contributed by atoms with van der Waals surface area (Å²) in [6, 6.07) is 12.6. The Hall–Kier alpha value is -2.53. The summed E-state index contributed by atoms with van der Waals surface area (Å²) in [5.74, 6) is 0.0187. The molecule has 0 radical (unpaired) electrons. The Labute approximate surface area is 151 Å². The van der Waals surface area contributed by atoms with E-state index in [9.17, 15) is 9.59 Å². The summed E-state index contributed by atoms with van der Waals surface area (Å²) in [6.45, 7) is 2.24. The summed E-state index contributed by atoms with van der Waals surface area (Å²) in [6.07, 6.45) is 0.183. The van der Waals surface area contributed by atoms with Crippen LogP contribution >= 0.6 is 11.6 Å². The highest BCUT2D eigenvalue weighted by atomic mass is 35.5. The normalized spacial score (nSPS) is 16.8. The minimum absolute atomic E-state index is 0.0729.